The van der Waals surface area contributed by atoms with Crippen LogP contribution in [0.25, 0.3) is 0 Å². The van der Waals surface area contributed by atoms with Gasteiger partial charge in [0.05, 0.1) is 6.20 Å². The summed E-state index contributed by atoms with van der Waals surface area (Å²) in [5.74, 6) is -0.307. The third kappa shape index (κ3) is 4.09. The predicted octanol–water partition coefficient (Wildman–Crippen LogP) is 0.844. The Kier molecular flexibility index (Phi) is 6.03. The van der Waals surface area contributed by atoms with E-state index in [0.29, 0.717) is 26.1 Å². The number of rotatable bonds is 6. The molecule has 1 aliphatic carbocycles. The van der Waals surface area contributed by atoms with Gasteiger partial charge in [-0.2, -0.15) is 0 Å². The highest BCUT2D eigenvalue weighted by molar-refractivity contribution is 5.93. The molecular weight excluding hydrogens is 346 g/mol. The van der Waals surface area contributed by atoms with Gasteiger partial charge in [-0.1, -0.05) is 6.42 Å². The van der Waals surface area contributed by atoms with Crippen LogP contribution in [0.1, 0.15) is 50.0 Å². The van der Waals surface area contributed by atoms with Crippen LogP contribution >= 0.6 is 0 Å². The molecule has 1 saturated heterocycles. The van der Waals surface area contributed by atoms with E-state index in [9.17, 15) is 14.4 Å². The Morgan fingerprint density at radius 1 is 1.22 bits per heavy atom. The SMILES string of the molecule is CCN(CC)C(=O)[C@@H]1C[C@@H](NC(=O)c2cnccn2)CN1C(=O)C1CCC1. The minimum atomic E-state index is -0.509. The Morgan fingerprint density at radius 3 is 2.52 bits per heavy atom. The largest absolute Gasteiger partial charge is 0.346 e. The first kappa shape index (κ1) is 19.3. The molecule has 27 heavy (non-hydrogen) atoms. The number of hydrogen-bond donors (Lipinski definition) is 1. The fraction of sp³-hybridized carbons (Fsp3) is 0.632. The molecule has 1 N–H and O–H groups in total. The van der Waals surface area contributed by atoms with Crippen molar-refractivity contribution in [3.63, 3.8) is 0 Å². The number of likely N-dealkylation sites (N-methyl/N-ethyl adjacent to an activating group) is 1. The fourth-order valence-electron chi connectivity index (χ4n) is 3.73. The smallest absolute Gasteiger partial charge is 0.271 e. The Balaban J connectivity index is 1.73. The van der Waals surface area contributed by atoms with E-state index < -0.39 is 6.04 Å². The molecular formula is C19H27N5O3. The van der Waals surface area contributed by atoms with Crippen molar-refractivity contribution in [2.45, 2.75) is 51.6 Å². The van der Waals surface area contributed by atoms with E-state index in [4.69, 9.17) is 0 Å². The summed E-state index contributed by atoms with van der Waals surface area (Å²) >= 11 is 0. The first-order valence-electron chi connectivity index (χ1n) is 9.71. The van der Waals surface area contributed by atoms with Gasteiger partial charge in [0, 0.05) is 44.0 Å². The molecule has 2 aliphatic rings. The number of likely N-dealkylation sites (tertiary alicyclic amines) is 1. The highest BCUT2D eigenvalue weighted by Gasteiger charge is 2.44. The Labute approximate surface area is 159 Å². The number of carbonyl (C=O) groups excluding carboxylic acids is 3. The van der Waals surface area contributed by atoms with Crippen LogP contribution < -0.4 is 5.32 Å². The zero-order valence-electron chi connectivity index (χ0n) is 15.9. The van der Waals surface area contributed by atoms with Crippen molar-refractivity contribution in [2.75, 3.05) is 19.6 Å². The lowest BCUT2D eigenvalue weighted by molar-refractivity contribution is -0.147. The molecule has 0 aromatic carbocycles. The molecule has 0 radical (unpaired) electrons. The summed E-state index contributed by atoms with van der Waals surface area (Å²) in [7, 11) is 0. The highest BCUT2D eigenvalue weighted by Crippen LogP contribution is 2.32. The Bertz CT molecular complexity index is 688. The quantitative estimate of drug-likeness (QED) is 0.797. The van der Waals surface area contributed by atoms with Gasteiger partial charge in [0.25, 0.3) is 5.91 Å². The van der Waals surface area contributed by atoms with Crippen molar-refractivity contribution in [1.29, 1.82) is 0 Å². The molecule has 146 valence electrons. The number of hydrogen-bond acceptors (Lipinski definition) is 5. The summed E-state index contributed by atoms with van der Waals surface area (Å²) in [4.78, 5) is 49.5. The van der Waals surface area contributed by atoms with Gasteiger partial charge in [-0.15, -0.1) is 0 Å². The first-order valence-corrected chi connectivity index (χ1v) is 9.71. The summed E-state index contributed by atoms with van der Waals surface area (Å²) in [6.45, 7) is 5.43. The van der Waals surface area contributed by atoms with Crippen molar-refractivity contribution < 1.29 is 14.4 Å². The van der Waals surface area contributed by atoms with Crippen molar-refractivity contribution in [1.82, 2.24) is 25.1 Å². The van der Waals surface area contributed by atoms with E-state index in [0.717, 1.165) is 19.3 Å². The third-order valence-electron chi connectivity index (χ3n) is 5.53. The van der Waals surface area contributed by atoms with Crippen LogP contribution in [-0.2, 0) is 9.59 Å². The van der Waals surface area contributed by atoms with Crippen molar-refractivity contribution in [3.8, 4) is 0 Å². The zero-order chi connectivity index (χ0) is 19.4. The van der Waals surface area contributed by atoms with Gasteiger partial charge in [-0.3, -0.25) is 19.4 Å². The second-order valence-corrected chi connectivity index (χ2v) is 7.14. The molecule has 0 spiro atoms. The van der Waals surface area contributed by atoms with E-state index >= 15 is 0 Å². The summed E-state index contributed by atoms with van der Waals surface area (Å²) in [5.41, 5.74) is 0.230. The molecule has 2 fully saturated rings. The number of carbonyl (C=O) groups is 3. The number of nitrogens with zero attached hydrogens (tertiary/aromatic N) is 4. The van der Waals surface area contributed by atoms with Gasteiger partial charge >= 0.3 is 0 Å². The molecule has 2 heterocycles. The van der Waals surface area contributed by atoms with Gasteiger partial charge in [0.15, 0.2) is 0 Å². The van der Waals surface area contributed by atoms with Gasteiger partial charge in [-0.05, 0) is 33.1 Å². The van der Waals surface area contributed by atoms with Crippen LogP contribution in [0.5, 0.6) is 0 Å². The topological polar surface area (TPSA) is 95.5 Å². The second kappa shape index (κ2) is 8.45. The van der Waals surface area contributed by atoms with Gasteiger partial charge in [-0.25, -0.2) is 4.98 Å². The zero-order valence-corrected chi connectivity index (χ0v) is 15.9. The minimum Gasteiger partial charge on any atom is -0.346 e. The molecule has 1 saturated carbocycles. The van der Waals surface area contributed by atoms with E-state index in [1.165, 1.54) is 18.6 Å². The molecule has 8 nitrogen and oxygen atoms in total. The van der Waals surface area contributed by atoms with Crippen LogP contribution in [-0.4, -0.2) is 69.2 Å². The highest BCUT2D eigenvalue weighted by atomic mass is 16.2. The Morgan fingerprint density at radius 2 is 1.96 bits per heavy atom. The Hall–Kier alpha value is -2.51. The number of aromatic nitrogens is 2. The fourth-order valence-corrected chi connectivity index (χ4v) is 3.73. The monoisotopic (exact) mass is 373 g/mol. The average molecular weight is 373 g/mol. The molecule has 8 heteroatoms. The molecule has 1 aliphatic heterocycles. The van der Waals surface area contributed by atoms with E-state index in [-0.39, 0.29) is 35.4 Å². The second-order valence-electron chi connectivity index (χ2n) is 7.14. The standard InChI is InChI=1S/C19H27N5O3/c1-3-23(4-2)19(27)16-10-14(12-24(16)18(26)13-6-5-7-13)22-17(25)15-11-20-8-9-21-15/h8-9,11,13-14,16H,3-7,10,12H2,1-2H3,(H,22,25)/t14-,16+/m1/s1. The van der Waals surface area contributed by atoms with Crippen LogP contribution in [0.15, 0.2) is 18.6 Å². The summed E-state index contributed by atoms with van der Waals surface area (Å²) < 4.78 is 0. The lowest BCUT2D eigenvalue weighted by Crippen LogP contribution is -2.50. The minimum absolute atomic E-state index is 0.0199. The molecule has 3 amide bonds. The van der Waals surface area contributed by atoms with Gasteiger partial charge in [0.1, 0.15) is 11.7 Å². The van der Waals surface area contributed by atoms with Crippen molar-refractivity contribution >= 4 is 17.7 Å². The van der Waals surface area contributed by atoms with E-state index in [2.05, 4.69) is 15.3 Å². The van der Waals surface area contributed by atoms with Crippen LogP contribution in [0, 0.1) is 5.92 Å². The van der Waals surface area contributed by atoms with Gasteiger partial charge < -0.3 is 15.1 Å². The lowest BCUT2D eigenvalue weighted by Gasteiger charge is -2.34. The van der Waals surface area contributed by atoms with Gasteiger partial charge in [0.2, 0.25) is 11.8 Å². The van der Waals surface area contributed by atoms with E-state index in [1.54, 1.807) is 9.80 Å². The van der Waals surface area contributed by atoms with Crippen molar-refractivity contribution in [2.24, 2.45) is 5.92 Å². The van der Waals surface area contributed by atoms with Crippen molar-refractivity contribution in [3.05, 3.63) is 24.3 Å². The average Bonchev–Trinajstić information content (AvgIpc) is 3.05. The molecule has 0 bridgehead atoms. The normalized spacial score (nSPS) is 22.2. The maximum absolute atomic E-state index is 12.9. The van der Waals surface area contributed by atoms with E-state index in [1.807, 2.05) is 13.8 Å². The lowest BCUT2D eigenvalue weighted by atomic mass is 9.84. The summed E-state index contributed by atoms with van der Waals surface area (Å²) in [6, 6.07) is -0.779. The number of nitrogens with one attached hydrogen (secondary N) is 1. The van der Waals surface area contributed by atoms with Crippen LogP contribution in [0.4, 0.5) is 0 Å². The molecule has 1 aromatic rings. The molecule has 0 unspecified atom stereocenters. The third-order valence-corrected chi connectivity index (χ3v) is 5.53. The van der Waals surface area contributed by atoms with Crippen LogP contribution in [0.3, 0.4) is 0 Å². The summed E-state index contributed by atoms with van der Waals surface area (Å²) in [5, 5.41) is 2.91. The summed E-state index contributed by atoms with van der Waals surface area (Å²) in [6.07, 6.45) is 7.63. The van der Waals surface area contributed by atoms with Crippen LogP contribution in [0.2, 0.25) is 0 Å². The number of amides is 3. The molecule has 2 atom stereocenters. The maximum Gasteiger partial charge on any atom is 0.271 e. The molecule has 3 rings (SSSR count). The molecule has 1 aromatic heterocycles. The predicted molar refractivity (Wildman–Crippen MR) is 98.7 cm³/mol. The first-order chi connectivity index (χ1) is 13.0. The maximum atomic E-state index is 12.9.